The molecule has 0 saturated heterocycles. The van der Waals surface area contributed by atoms with Gasteiger partial charge in [-0.3, -0.25) is 0 Å². The van der Waals surface area contributed by atoms with E-state index in [1.165, 1.54) is 0 Å². The first-order chi connectivity index (χ1) is 11.6. The highest BCUT2D eigenvalue weighted by Crippen LogP contribution is 2.30. The van der Waals surface area contributed by atoms with Gasteiger partial charge in [0.2, 0.25) is 0 Å². The summed E-state index contributed by atoms with van der Waals surface area (Å²) < 4.78 is 14.9. The molecule has 126 valence electrons. The standard InChI is InChI=1S/C17H20N4O2S/c1-11(22)16-10-15-14(6-8-19-17(15)21-16)12-2-4-13(5-3-12)24(23)20-9-7-18/h2-6,8,10-11,20,22H,7,9,18H2,1H3,(H,19,21)/t11?,24-/m1/s1. The molecular formula is C17H20N4O2S. The largest absolute Gasteiger partial charge is 0.593 e. The van der Waals surface area contributed by atoms with Gasteiger partial charge in [0, 0.05) is 23.8 Å². The molecule has 7 heteroatoms. The highest BCUT2D eigenvalue weighted by atomic mass is 32.2. The summed E-state index contributed by atoms with van der Waals surface area (Å²) in [6.07, 6.45) is 1.15. The van der Waals surface area contributed by atoms with Crippen LogP contribution in [0.25, 0.3) is 22.2 Å². The highest BCUT2D eigenvalue weighted by molar-refractivity contribution is 7.89. The topological polar surface area (TPSA) is 110 Å². The molecule has 0 aliphatic carbocycles. The number of hydrogen-bond acceptors (Lipinski definition) is 5. The number of nitrogens with two attached hydrogens (primary N) is 1. The van der Waals surface area contributed by atoms with E-state index in [0.29, 0.717) is 18.0 Å². The summed E-state index contributed by atoms with van der Waals surface area (Å²) in [6.45, 7) is 2.66. The Bertz CT molecular complexity index is 817. The van der Waals surface area contributed by atoms with Crippen molar-refractivity contribution < 1.29 is 9.66 Å². The van der Waals surface area contributed by atoms with Crippen molar-refractivity contribution in [3.8, 4) is 11.1 Å². The highest BCUT2D eigenvalue weighted by Gasteiger charge is 2.13. The summed E-state index contributed by atoms with van der Waals surface area (Å²) in [5.74, 6) is 0. The van der Waals surface area contributed by atoms with Crippen molar-refractivity contribution in [3.63, 3.8) is 0 Å². The smallest absolute Gasteiger partial charge is 0.173 e. The Kier molecular flexibility index (Phi) is 5.17. The third-order valence-corrected chi connectivity index (χ3v) is 4.93. The van der Waals surface area contributed by atoms with E-state index >= 15 is 0 Å². The third kappa shape index (κ3) is 3.45. The Morgan fingerprint density at radius 1 is 1.33 bits per heavy atom. The molecule has 2 heterocycles. The Balaban J connectivity index is 1.93. The molecule has 0 amide bonds. The molecule has 1 unspecified atom stereocenters. The molecule has 0 spiro atoms. The second-order valence-corrected chi connectivity index (χ2v) is 6.80. The maximum Gasteiger partial charge on any atom is 0.173 e. The van der Waals surface area contributed by atoms with Crippen LogP contribution in [0.15, 0.2) is 47.5 Å². The van der Waals surface area contributed by atoms with Crippen LogP contribution in [0.3, 0.4) is 0 Å². The van der Waals surface area contributed by atoms with Crippen LogP contribution >= 0.6 is 0 Å². The van der Waals surface area contributed by atoms with E-state index in [4.69, 9.17) is 5.73 Å². The van der Waals surface area contributed by atoms with Crippen LogP contribution in [0.4, 0.5) is 0 Å². The average molecular weight is 344 g/mol. The number of nitrogens with zero attached hydrogens (tertiary/aromatic N) is 1. The van der Waals surface area contributed by atoms with Gasteiger partial charge in [-0.1, -0.05) is 0 Å². The van der Waals surface area contributed by atoms with Gasteiger partial charge in [0.25, 0.3) is 0 Å². The number of pyridine rings is 1. The molecule has 0 bridgehead atoms. The van der Waals surface area contributed by atoms with Crippen molar-refractivity contribution in [2.45, 2.75) is 17.9 Å². The van der Waals surface area contributed by atoms with Crippen LogP contribution in [0.1, 0.15) is 18.7 Å². The number of aromatic nitrogens is 2. The molecule has 0 saturated carbocycles. The van der Waals surface area contributed by atoms with Gasteiger partial charge in [-0.2, -0.15) is 0 Å². The van der Waals surface area contributed by atoms with Gasteiger partial charge in [0.05, 0.1) is 24.0 Å². The van der Waals surface area contributed by atoms with Crippen molar-refractivity contribution in [3.05, 3.63) is 48.3 Å². The molecule has 0 fully saturated rings. The fraction of sp³-hybridized carbons (Fsp3) is 0.235. The van der Waals surface area contributed by atoms with Gasteiger partial charge in [0.15, 0.2) is 4.90 Å². The number of H-pyrrole nitrogens is 1. The Labute approximate surface area is 143 Å². The minimum Gasteiger partial charge on any atom is -0.593 e. The van der Waals surface area contributed by atoms with Gasteiger partial charge in [-0.25, -0.2) is 4.98 Å². The molecule has 24 heavy (non-hydrogen) atoms. The zero-order valence-electron chi connectivity index (χ0n) is 13.3. The molecule has 3 aromatic rings. The summed E-state index contributed by atoms with van der Waals surface area (Å²) in [5.41, 5.74) is 8.88. The van der Waals surface area contributed by atoms with Gasteiger partial charge in [-0.05, 0) is 54.4 Å². The number of rotatable bonds is 6. The summed E-state index contributed by atoms with van der Waals surface area (Å²) in [6, 6.07) is 11.4. The molecule has 0 aliphatic rings. The number of aromatic amines is 1. The van der Waals surface area contributed by atoms with Gasteiger partial charge in [-0.15, -0.1) is 4.72 Å². The van der Waals surface area contributed by atoms with Crippen molar-refractivity contribution in [2.75, 3.05) is 13.1 Å². The van der Waals surface area contributed by atoms with Crippen molar-refractivity contribution >= 4 is 22.4 Å². The minimum absolute atomic E-state index is 0.442. The lowest BCUT2D eigenvalue weighted by atomic mass is 10.0. The van der Waals surface area contributed by atoms with E-state index in [9.17, 15) is 9.66 Å². The summed E-state index contributed by atoms with van der Waals surface area (Å²) >= 11 is -1.26. The molecule has 6 nitrogen and oxygen atoms in total. The van der Waals surface area contributed by atoms with Crippen LogP contribution in [0, 0.1) is 0 Å². The summed E-state index contributed by atoms with van der Waals surface area (Å²) in [7, 11) is 0. The number of aliphatic hydroxyl groups is 1. The molecular weight excluding hydrogens is 324 g/mol. The number of benzene rings is 1. The number of fused-ring (bicyclic) bond motifs is 1. The molecule has 0 aliphatic heterocycles. The van der Waals surface area contributed by atoms with Crippen molar-refractivity contribution in [1.82, 2.24) is 14.7 Å². The molecule has 2 aromatic heterocycles. The minimum atomic E-state index is -1.26. The molecule has 2 atom stereocenters. The van der Waals surface area contributed by atoms with Crippen LogP contribution in [-0.2, 0) is 11.4 Å². The Morgan fingerprint density at radius 3 is 2.75 bits per heavy atom. The molecule has 1 aromatic carbocycles. The van der Waals surface area contributed by atoms with E-state index in [0.717, 1.165) is 27.9 Å². The van der Waals surface area contributed by atoms with E-state index in [1.807, 2.05) is 36.4 Å². The normalized spacial score (nSPS) is 14.0. The summed E-state index contributed by atoms with van der Waals surface area (Å²) in [5, 5.41) is 10.7. The number of aliphatic hydroxyl groups excluding tert-OH is 1. The Morgan fingerprint density at radius 2 is 2.08 bits per heavy atom. The van der Waals surface area contributed by atoms with Crippen LogP contribution in [0.2, 0.25) is 0 Å². The van der Waals surface area contributed by atoms with Gasteiger partial charge >= 0.3 is 0 Å². The zero-order chi connectivity index (χ0) is 17.1. The second kappa shape index (κ2) is 7.33. The monoisotopic (exact) mass is 344 g/mol. The molecule has 3 rings (SSSR count). The van der Waals surface area contributed by atoms with Crippen molar-refractivity contribution in [1.29, 1.82) is 0 Å². The van der Waals surface area contributed by atoms with Gasteiger partial charge < -0.3 is 20.4 Å². The van der Waals surface area contributed by atoms with E-state index in [2.05, 4.69) is 14.7 Å². The van der Waals surface area contributed by atoms with Crippen molar-refractivity contribution in [2.24, 2.45) is 5.73 Å². The lowest BCUT2D eigenvalue weighted by molar-refractivity contribution is 0.195. The lowest BCUT2D eigenvalue weighted by Crippen LogP contribution is -2.29. The van der Waals surface area contributed by atoms with Gasteiger partial charge in [0.1, 0.15) is 5.65 Å². The predicted molar refractivity (Wildman–Crippen MR) is 95.6 cm³/mol. The fourth-order valence-corrected chi connectivity index (χ4v) is 3.37. The number of hydrogen-bond donors (Lipinski definition) is 4. The Hall–Kier alpha value is -1.90. The first-order valence-corrected chi connectivity index (χ1v) is 8.86. The van der Waals surface area contributed by atoms with Crippen LogP contribution in [0.5, 0.6) is 0 Å². The van der Waals surface area contributed by atoms with E-state index < -0.39 is 17.5 Å². The van der Waals surface area contributed by atoms with E-state index in [-0.39, 0.29) is 0 Å². The zero-order valence-corrected chi connectivity index (χ0v) is 14.1. The predicted octanol–water partition coefficient (Wildman–Crippen LogP) is 1.85. The number of nitrogens with one attached hydrogen (secondary N) is 2. The summed E-state index contributed by atoms with van der Waals surface area (Å²) in [4.78, 5) is 8.14. The molecule has 5 N–H and O–H groups in total. The second-order valence-electron chi connectivity index (χ2n) is 5.50. The first-order valence-electron chi connectivity index (χ1n) is 7.71. The van der Waals surface area contributed by atoms with E-state index in [1.54, 1.807) is 13.1 Å². The molecule has 0 radical (unpaired) electrons. The first kappa shape index (κ1) is 16.9. The van der Waals surface area contributed by atoms with Crippen LogP contribution < -0.4 is 10.5 Å². The average Bonchev–Trinajstić information content (AvgIpc) is 3.04. The fourth-order valence-electron chi connectivity index (χ4n) is 2.52. The maximum absolute atomic E-state index is 12.0. The maximum atomic E-state index is 12.0. The lowest BCUT2D eigenvalue weighted by Gasteiger charge is -2.10. The SMILES string of the molecule is CC(O)c1cc2c(-c3ccc([S@@+]([O-])NCCN)cc3)ccnc2[nH]1. The van der Waals surface area contributed by atoms with Crippen LogP contribution in [-0.4, -0.2) is 32.7 Å². The quantitative estimate of drug-likeness (QED) is 0.510. The third-order valence-electron chi connectivity index (χ3n) is 3.76.